The fourth-order valence-electron chi connectivity index (χ4n) is 2.32. The van der Waals surface area contributed by atoms with Gasteiger partial charge in [-0.2, -0.15) is 0 Å². The lowest BCUT2D eigenvalue weighted by molar-refractivity contribution is 0.0961. The lowest BCUT2D eigenvalue weighted by Gasteiger charge is -2.12. The first-order valence-electron chi connectivity index (χ1n) is 7.16. The van der Waals surface area contributed by atoms with Crippen LogP contribution < -0.4 is 11.5 Å². The monoisotopic (exact) mass is 295 g/mol. The average Bonchev–Trinajstić information content (AvgIpc) is 2.55. The number of hydrogen-bond acceptors (Lipinski definition) is 4. The fraction of sp³-hybridized carbons (Fsp3) is 0.222. The normalized spacial score (nSPS) is 13.4. The Labute approximate surface area is 130 Å². The molecule has 4 nitrogen and oxygen atoms in total. The van der Waals surface area contributed by atoms with E-state index in [1.54, 1.807) is 24.5 Å². The third-order valence-corrected chi connectivity index (χ3v) is 3.45. The quantitative estimate of drug-likeness (QED) is 0.756. The SMILES string of the molecule is N[C@H]([C]=O)Cc1cccc(C(=O)[C@@H](N)Cc2ccccc2)c1. The number of nitrogens with two attached hydrogens (primary N) is 2. The third-order valence-electron chi connectivity index (χ3n) is 3.45. The van der Waals surface area contributed by atoms with Gasteiger partial charge in [0.25, 0.3) is 0 Å². The molecule has 2 aromatic carbocycles. The molecule has 0 fully saturated rings. The summed E-state index contributed by atoms with van der Waals surface area (Å²) >= 11 is 0. The van der Waals surface area contributed by atoms with E-state index < -0.39 is 12.1 Å². The molecule has 0 heterocycles. The van der Waals surface area contributed by atoms with Gasteiger partial charge in [0.15, 0.2) is 5.78 Å². The van der Waals surface area contributed by atoms with Crippen molar-refractivity contribution < 1.29 is 9.59 Å². The fourth-order valence-corrected chi connectivity index (χ4v) is 2.32. The Kier molecular flexibility index (Phi) is 5.58. The molecule has 0 amide bonds. The van der Waals surface area contributed by atoms with Crippen LogP contribution in [0, 0.1) is 0 Å². The van der Waals surface area contributed by atoms with Gasteiger partial charge in [-0.25, -0.2) is 0 Å². The maximum Gasteiger partial charge on any atom is 0.217 e. The van der Waals surface area contributed by atoms with Crippen molar-refractivity contribution >= 4 is 12.1 Å². The lowest BCUT2D eigenvalue weighted by Crippen LogP contribution is -2.33. The number of hydrogen-bond donors (Lipinski definition) is 2. The lowest BCUT2D eigenvalue weighted by atomic mass is 9.96. The van der Waals surface area contributed by atoms with Gasteiger partial charge < -0.3 is 11.5 Å². The third kappa shape index (κ3) is 4.35. The second kappa shape index (κ2) is 7.64. The zero-order valence-corrected chi connectivity index (χ0v) is 12.2. The Morgan fingerprint density at radius 3 is 2.32 bits per heavy atom. The molecule has 4 N–H and O–H groups in total. The minimum absolute atomic E-state index is 0.116. The minimum Gasteiger partial charge on any atom is -0.321 e. The van der Waals surface area contributed by atoms with E-state index in [1.165, 1.54) is 0 Å². The molecule has 2 aromatic rings. The molecule has 0 saturated heterocycles. The Bertz CT molecular complexity index is 641. The molecular weight excluding hydrogens is 276 g/mol. The summed E-state index contributed by atoms with van der Waals surface area (Å²) in [5.74, 6) is -0.116. The zero-order valence-electron chi connectivity index (χ0n) is 12.2. The highest BCUT2D eigenvalue weighted by atomic mass is 16.1. The number of carbonyl (C=O) groups is 1. The van der Waals surface area contributed by atoms with Crippen molar-refractivity contribution in [1.29, 1.82) is 0 Å². The summed E-state index contributed by atoms with van der Waals surface area (Å²) in [5.41, 5.74) is 14.0. The summed E-state index contributed by atoms with van der Waals surface area (Å²) in [6, 6.07) is 15.5. The maximum atomic E-state index is 12.4. The van der Waals surface area contributed by atoms with Crippen LogP contribution in [-0.4, -0.2) is 24.2 Å². The van der Waals surface area contributed by atoms with Crippen molar-refractivity contribution in [1.82, 2.24) is 0 Å². The molecule has 0 aromatic heterocycles. The van der Waals surface area contributed by atoms with Gasteiger partial charge in [0.05, 0.1) is 12.1 Å². The van der Waals surface area contributed by atoms with E-state index in [0.29, 0.717) is 18.4 Å². The van der Waals surface area contributed by atoms with E-state index in [-0.39, 0.29) is 5.78 Å². The van der Waals surface area contributed by atoms with Crippen LogP contribution >= 0.6 is 0 Å². The first-order valence-corrected chi connectivity index (χ1v) is 7.16. The molecule has 22 heavy (non-hydrogen) atoms. The molecule has 0 aliphatic rings. The summed E-state index contributed by atoms with van der Waals surface area (Å²) in [4.78, 5) is 22.9. The Hall–Kier alpha value is -2.30. The van der Waals surface area contributed by atoms with Crippen molar-refractivity contribution in [3.63, 3.8) is 0 Å². The number of Topliss-reactive ketones (excluding diaryl/α,β-unsaturated/α-hetero) is 1. The molecule has 113 valence electrons. The van der Waals surface area contributed by atoms with Crippen molar-refractivity contribution in [3.8, 4) is 0 Å². The number of benzene rings is 2. The van der Waals surface area contributed by atoms with Crippen LogP contribution in [0.1, 0.15) is 21.5 Å². The van der Waals surface area contributed by atoms with Gasteiger partial charge in [-0.15, -0.1) is 0 Å². The molecule has 0 aliphatic heterocycles. The number of rotatable bonds is 7. The molecular formula is C18H19N2O2. The molecule has 1 radical (unpaired) electrons. The van der Waals surface area contributed by atoms with Gasteiger partial charge in [-0.05, 0) is 30.0 Å². The summed E-state index contributed by atoms with van der Waals surface area (Å²) in [7, 11) is 0. The predicted octanol–water partition coefficient (Wildman–Crippen LogP) is 1.42. The molecule has 0 spiro atoms. The highest BCUT2D eigenvalue weighted by molar-refractivity contribution is 6.00. The Balaban J connectivity index is 2.08. The van der Waals surface area contributed by atoms with Crippen LogP contribution in [0.5, 0.6) is 0 Å². The van der Waals surface area contributed by atoms with Crippen LogP contribution in [0.2, 0.25) is 0 Å². The molecule has 0 saturated carbocycles. The Morgan fingerprint density at radius 1 is 0.955 bits per heavy atom. The number of ketones is 1. The van der Waals surface area contributed by atoms with E-state index in [4.69, 9.17) is 11.5 Å². The van der Waals surface area contributed by atoms with Crippen LogP contribution in [0.4, 0.5) is 0 Å². The predicted molar refractivity (Wildman–Crippen MR) is 86.3 cm³/mol. The summed E-state index contributed by atoms with van der Waals surface area (Å²) in [6.45, 7) is 0. The zero-order chi connectivity index (χ0) is 15.9. The van der Waals surface area contributed by atoms with Gasteiger partial charge in [0, 0.05) is 5.56 Å². The maximum absolute atomic E-state index is 12.4. The van der Waals surface area contributed by atoms with Crippen molar-refractivity contribution in [2.45, 2.75) is 24.9 Å². The second-order valence-electron chi connectivity index (χ2n) is 5.29. The highest BCUT2D eigenvalue weighted by Crippen LogP contribution is 2.11. The van der Waals surface area contributed by atoms with Gasteiger partial charge >= 0.3 is 0 Å². The summed E-state index contributed by atoms with van der Waals surface area (Å²) < 4.78 is 0. The molecule has 2 rings (SSSR count). The molecule has 0 aliphatic carbocycles. The van der Waals surface area contributed by atoms with Crippen LogP contribution in [-0.2, 0) is 17.6 Å². The molecule has 0 unspecified atom stereocenters. The first kappa shape index (κ1) is 16.1. The van der Waals surface area contributed by atoms with E-state index in [9.17, 15) is 9.59 Å². The average molecular weight is 295 g/mol. The van der Waals surface area contributed by atoms with Crippen LogP contribution in [0.25, 0.3) is 0 Å². The van der Waals surface area contributed by atoms with Gasteiger partial charge in [-0.1, -0.05) is 48.5 Å². The minimum atomic E-state index is -0.677. The smallest absolute Gasteiger partial charge is 0.217 e. The van der Waals surface area contributed by atoms with E-state index in [1.807, 2.05) is 36.4 Å². The van der Waals surface area contributed by atoms with Crippen molar-refractivity contribution in [2.75, 3.05) is 0 Å². The van der Waals surface area contributed by atoms with Gasteiger partial charge in [-0.3, -0.25) is 9.59 Å². The molecule has 4 heteroatoms. The van der Waals surface area contributed by atoms with Crippen molar-refractivity contribution in [2.24, 2.45) is 11.5 Å². The van der Waals surface area contributed by atoms with Crippen LogP contribution in [0.3, 0.4) is 0 Å². The van der Waals surface area contributed by atoms with Crippen molar-refractivity contribution in [3.05, 3.63) is 71.3 Å². The number of carbonyl (C=O) groups excluding carboxylic acids is 2. The first-order chi connectivity index (χ1) is 10.6. The van der Waals surface area contributed by atoms with E-state index >= 15 is 0 Å². The standard InChI is InChI=1S/C18H19N2O2/c19-16(12-21)10-14-7-4-8-15(9-14)18(22)17(20)11-13-5-2-1-3-6-13/h1-9,16-17H,10-11,19-20H2/t16-,17-/m0/s1. The van der Waals surface area contributed by atoms with E-state index in [0.717, 1.165) is 11.1 Å². The summed E-state index contributed by atoms with van der Waals surface area (Å²) in [6.07, 6.45) is 2.59. The summed E-state index contributed by atoms with van der Waals surface area (Å²) in [5, 5.41) is 0. The second-order valence-corrected chi connectivity index (χ2v) is 5.29. The van der Waals surface area contributed by atoms with E-state index in [2.05, 4.69) is 0 Å². The van der Waals surface area contributed by atoms with Gasteiger partial charge in [0.1, 0.15) is 0 Å². The van der Waals surface area contributed by atoms with Crippen LogP contribution in [0.15, 0.2) is 54.6 Å². The molecule has 0 bridgehead atoms. The molecule has 2 atom stereocenters. The Morgan fingerprint density at radius 2 is 1.64 bits per heavy atom. The topological polar surface area (TPSA) is 86.2 Å². The van der Waals surface area contributed by atoms with Gasteiger partial charge in [0.2, 0.25) is 6.29 Å². The largest absolute Gasteiger partial charge is 0.321 e. The highest BCUT2D eigenvalue weighted by Gasteiger charge is 2.17.